The molecule has 0 spiro atoms. The number of nitrogens with one attached hydrogen (secondary N) is 1. The van der Waals surface area contributed by atoms with Gasteiger partial charge in [-0.25, -0.2) is 9.37 Å². The van der Waals surface area contributed by atoms with E-state index in [0.717, 1.165) is 5.56 Å². The van der Waals surface area contributed by atoms with Crippen molar-refractivity contribution >= 4 is 11.4 Å². The second kappa shape index (κ2) is 7.06. The van der Waals surface area contributed by atoms with Crippen LogP contribution in [0.2, 0.25) is 0 Å². The molecule has 3 aromatic rings. The maximum absolute atomic E-state index is 12.9. The lowest BCUT2D eigenvalue weighted by molar-refractivity contribution is -0.144. The molecule has 0 aliphatic rings. The monoisotopic (exact) mass is 381 g/mol. The molecule has 0 radical (unpaired) electrons. The maximum atomic E-state index is 12.9. The predicted molar refractivity (Wildman–Crippen MR) is 84.2 cm³/mol. The van der Waals surface area contributed by atoms with E-state index in [1.807, 2.05) is 0 Å². The highest BCUT2D eigenvalue weighted by atomic mass is 19.4. The number of furan rings is 1. The van der Waals surface area contributed by atoms with Gasteiger partial charge in [0.1, 0.15) is 17.2 Å². The molecule has 0 saturated heterocycles. The van der Waals surface area contributed by atoms with Crippen molar-refractivity contribution in [3.05, 3.63) is 77.2 Å². The van der Waals surface area contributed by atoms with Crippen LogP contribution in [0.1, 0.15) is 33.5 Å². The average Bonchev–Trinajstić information content (AvgIpc) is 3.27. The normalized spacial score (nSPS) is 12.4. The van der Waals surface area contributed by atoms with E-state index < -0.39 is 35.0 Å². The molecule has 0 amide bonds. The van der Waals surface area contributed by atoms with Crippen LogP contribution in [0.5, 0.6) is 0 Å². The number of hydrogen-bond donors (Lipinski definition) is 2. The van der Waals surface area contributed by atoms with Crippen LogP contribution < -0.4 is 0 Å². The molecule has 0 fully saturated rings. The van der Waals surface area contributed by atoms with Gasteiger partial charge in [0, 0.05) is 6.42 Å². The number of H-pyrrole nitrogens is 1. The third kappa shape index (κ3) is 4.05. The van der Waals surface area contributed by atoms with E-state index in [1.165, 1.54) is 24.3 Å². The zero-order valence-corrected chi connectivity index (χ0v) is 13.4. The molecule has 140 valence electrons. The summed E-state index contributed by atoms with van der Waals surface area (Å²) in [5, 5.41) is 14.2. The van der Waals surface area contributed by atoms with E-state index in [2.05, 4.69) is 10.1 Å². The standard InChI is InChI=1S/C17H11F4N3O3/c18-10-3-1-9(2-4-10)7-11-5-6-13(27-11)14(26)12(8-25)15-22-16(24-23-15)17(19,20)21/h1-6,8,25H,7H2,(H,22,23,24). The Morgan fingerprint density at radius 1 is 1.19 bits per heavy atom. The number of benzene rings is 1. The van der Waals surface area contributed by atoms with Crippen molar-refractivity contribution < 1.29 is 31.9 Å². The van der Waals surface area contributed by atoms with E-state index in [9.17, 15) is 27.5 Å². The second-order valence-corrected chi connectivity index (χ2v) is 5.45. The van der Waals surface area contributed by atoms with Gasteiger partial charge in [0.05, 0.1) is 6.26 Å². The first-order chi connectivity index (χ1) is 12.8. The average molecular weight is 381 g/mol. The number of halogens is 4. The third-order valence-electron chi connectivity index (χ3n) is 3.55. The zero-order chi connectivity index (χ0) is 19.6. The lowest BCUT2D eigenvalue weighted by Gasteiger charge is -2.00. The molecule has 0 aliphatic carbocycles. The number of aromatic amines is 1. The molecule has 0 bridgehead atoms. The molecule has 6 nitrogen and oxygen atoms in total. The lowest BCUT2D eigenvalue weighted by Crippen LogP contribution is -2.08. The highest BCUT2D eigenvalue weighted by Gasteiger charge is 2.36. The number of rotatable bonds is 5. The van der Waals surface area contributed by atoms with E-state index in [4.69, 9.17) is 4.42 Å². The summed E-state index contributed by atoms with van der Waals surface area (Å²) < 4.78 is 56.0. The highest BCUT2D eigenvalue weighted by Crippen LogP contribution is 2.27. The van der Waals surface area contributed by atoms with Gasteiger partial charge >= 0.3 is 6.18 Å². The van der Waals surface area contributed by atoms with Crippen molar-refractivity contribution in [3.63, 3.8) is 0 Å². The smallest absolute Gasteiger partial charge is 0.451 e. The van der Waals surface area contributed by atoms with Gasteiger partial charge in [-0.1, -0.05) is 12.1 Å². The summed E-state index contributed by atoms with van der Waals surface area (Å²) in [6, 6.07) is 8.44. The molecule has 2 heterocycles. The number of alkyl halides is 3. The Morgan fingerprint density at radius 2 is 1.89 bits per heavy atom. The molecular formula is C17H11F4N3O3. The second-order valence-electron chi connectivity index (χ2n) is 5.45. The number of hydrogen-bond acceptors (Lipinski definition) is 5. The number of ketones is 1. The Hall–Kier alpha value is -3.43. The number of aromatic nitrogens is 3. The van der Waals surface area contributed by atoms with E-state index in [1.54, 1.807) is 17.2 Å². The third-order valence-corrected chi connectivity index (χ3v) is 3.55. The predicted octanol–water partition coefficient (Wildman–Crippen LogP) is 3.93. The lowest BCUT2D eigenvalue weighted by atomic mass is 10.1. The Balaban J connectivity index is 1.79. The fourth-order valence-electron chi connectivity index (χ4n) is 2.26. The summed E-state index contributed by atoms with van der Waals surface area (Å²) in [5.41, 5.74) is 0.163. The fraction of sp³-hybridized carbons (Fsp3) is 0.118. The number of nitrogens with zero attached hydrogens (tertiary/aromatic N) is 2. The van der Waals surface area contributed by atoms with Crippen LogP contribution in [0.4, 0.5) is 17.6 Å². The number of aliphatic hydroxyl groups excluding tert-OH is 1. The first kappa shape index (κ1) is 18.4. The largest absolute Gasteiger partial charge is 0.515 e. The van der Waals surface area contributed by atoms with Crippen molar-refractivity contribution in [2.45, 2.75) is 12.6 Å². The Morgan fingerprint density at radius 3 is 2.48 bits per heavy atom. The van der Waals surface area contributed by atoms with Crippen molar-refractivity contribution in [3.8, 4) is 0 Å². The van der Waals surface area contributed by atoms with Crippen molar-refractivity contribution in [2.75, 3.05) is 0 Å². The summed E-state index contributed by atoms with van der Waals surface area (Å²) in [5.74, 6) is -3.15. The Labute approximate surface area is 149 Å². The van der Waals surface area contributed by atoms with Gasteiger partial charge in [0.2, 0.25) is 11.6 Å². The van der Waals surface area contributed by atoms with Gasteiger partial charge in [-0.2, -0.15) is 18.3 Å². The number of carbonyl (C=O) groups excluding carboxylic acids is 1. The van der Waals surface area contributed by atoms with Crippen molar-refractivity contribution in [1.82, 2.24) is 15.2 Å². The minimum absolute atomic E-state index is 0.217. The van der Waals surface area contributed by atoms with Crippen LogP contribution in [0.3, 0.4) is 0 Å². The van der Waals surface area contributed by atoms with Crippen LogP contribution in [-0.4, -0.2) is 26.1 Å². The molecule has 0 unspecified atom stereocenters. The maximum Gasteiger partial charge on any atom is 0.451 e. The number of carbonyl (C=O) groups is 1. The van der Waals surface area contributed by atoms with Crippen molar-refractivity contribution in [2.24, 2.45) is 0 Å². The molecule has 0 saturated carbocycles. The molecule has 2 aromatic heterocycles. The van der Waals surface area contributed by atoms with Crippen LogP contribution in [0.25, 0.3) is 5.57 Å². The summed E-state index contributed by atoms with van der Waals surface area (Å²) in [4.78, 5) is 15.6. The quantitative estimate of drug-likeness (QED) is 0.302. The van der Waals surface area contributed by atoms with Crippen molar-refractivity contribution in [1.29, 1.82) is 0 Å². The van der Waals surface area contributed by atoms with Gasteiger partial charge in [0.25, 0.3) is 0 Å². The van der Waals surface area contributed by atoms with Gasteiger partial charge in [-0.05, 0) is 29.8 Å². The molecule has 10 heteroatoms. The number of Topliss-reactive ketones (excluding diaryl/α,β-unsaturated/α-hetero) is 1. The summed E-state index contributed by atoms with van der Waals surface area (Å²) in [6.45, 7) is 0. The van der Waals surface area contributed by atoms with Gasteiger partial charge in [0.15, 0.2) is 11.6 Å². The fourth-order valence-corrected chi connectivity index (χ4v) is 2.26. The van der Waals surface area contributed by atoms with Crippen LogP contribution in [0, 0.1) is 5.82 Å². The van der Waals surface area contributed by atoms with Crippen LogP contribution in [0.15, 0.2) is 47.1 Å². The molecule has 2 N–H and O–H groups in total. The van der Waals surface area contributed by atoms with E-state index in [-0.39, 0.29) is 12.2 Å². The van der Waals surface area contributed by atoms with E-state index in [0.29, 0.717) is 12.0 Å². The Bertz CT molecular complexity index is 988. The number of allylic oxidation sites excluding steroid dienone is 1. The SMILES string of the molecule is O=C(C(=CO)c1n[nH]c(C(F)(F)F)n1)c1ccc(Cc2ccc(F)cc2)o1. The minimum Gasteiger partial charge on any atom is -0.515 e. The summed E-state index contributed by atoms with van der Waals surface area (Å²) in [6.07, 6.45) is -4.19. The molecule has 1 aromatic carbocycles. The molecule has 27 heavy (non-hydrogen) atoms. The first-order valence-corrected chi connectivity index (χ1v) is 7.50. The van der Waals surface area contributed by atoms with Crippen LogP contribution in [-0.2, 0) is 12.6 Å². The van der Waals surface area contributed by atoms with Crippen LogP contribution >= 0.6 is 0 Å². The first-order valence-electron chi connectivity index (χ1n) is 7.50. The zero-order valence-electron chi connectivity index (χ0n) is 13.4. The topological polar surface area (TPSA) is 92.0 Å². The molecular weight excluding hydrogens is 370 g/mol. The summed E-state index contributed by atoms with van der Waals surface area (Å²) in [7, 11) is 0. The molecule has 0 atom stereocenters. The minimum atomic E-state index is -4.78. The number of aliphatic hydroxyl groups is 1. The van der Waals surface area contributed by atoms with Gasteiger partial charge < -0.3 is 9.52 Å². The van der Waals surface area contributed by atoms with Gasteiger partial charge in [-0.15, -0.1) is 0 Å². The highest BCUT2D eigenvalue weighted by molar-refractivity contribution is 6.26. The Kier molecular flexibility index (Phi) is 4.80. The van der Waals surface area contributed by atoms with Gasteiger partial charge in [-0.3, -0.25) is 9.89 Å². The molecule has 3 rings (SSSR count). The van der Waals surface area contributed by atoms with E-state index >= 15 is 0 Å². The summed E-state index contributed by atoms with van der Waals surface area (Å²) >= 11 is 0. The molecule has 0 aliphatic heterocycles.